The Morgan fingerprint density at radius 3 is 2.63 bits per heavy atom. The zero-order valence-electron chi connectivity index (χ0n) is 15.6. The largest absolute Gasteiger partial charge is 0.480 e. The first kappa shape index (κ1) is 19.2. The quantitative estimate of drug-likeness (QED) is 0.542. The maximum Gasteiger partial charge on any atom is 0.327 e. The second-order valence-electron chi connectivity index (χ2n) is 7.68. The van der Waals surface area contributed by atoms with E-state index in [0.29, 0.717) is 11.6 Å². The molecule has 7 heteroatoms. The van der Waals surface area contributed by atoms with Crippen LogP contribution in [0.5, 0.6) is 0 Å². The van der Waals surface area contributed by atoms with Gasteiger partial charge in [-0.05, 0) is 49.8 Å². The summed E-state index contributed by atoms with van der Waals surface area (Å²) in [7, 11) is 0. The van der Waals surface area contributed by atoms with Crippen LogP contribution in [0, 0.1) is 11.8 Å². The SMILES string of the molecule is C[C@@H](NC(=O)N1C(=O)[C@H](Cc2cccc(N)c2)[C@H]1C(=O)O)C1CCCCC1. The van der Waals surface area contributed by atoms with Crippen LogP contribution in [0.1, 0.15) is 44.6 Å². The van der Waals surface area contributed by atoms with E-state index in [1.54, 1.807) is 24.3 Å². The van der Waals surface area contributed by atoms with E-state index in [-0.39, 0.29) is 12.5 Å². The van der Waals surface area contributed by atoms with Crippen molar-refractivity contribution in [2.45, 2.75) is 57.5 Å². The minimum absolute atomic E-state index is 0.0759. The van der Waals surface area contributed by atoms with E-state index < -0.39 is 29.9 Å². The van der Waals surface area contributed by atoms with Crippen LogP contribution in [0.15, 0.2) is 24.3 Å². The summed E-state index contributed by atoms with van der Waals surface area (Å²) < 4.78 is 0. The number of urea groups is 1. The predicted octanol–water partition coefficient (Wildman–Crippen LogP) is 2.40. The van der Waals surface area contributed by atoms with Crippen molar-refractivity contribution >= 4 is 23.6 Å². The van der Waals surface area contributed by atoms with Crippen molar-refractivity contribution < 1.29 is 19.5 Å². The molecule has 2 fully saturated rings. The van der Waals surface area contributed by atoms with Gasteiger partial charge in [-0.2, -0.15) is 0 Å². The van der Waals surface area contributed by atoms with E-state index in [0.717, 1.165) is 36.1 Å². The molecule has 7 nitrogen and oxygen atoms in total. The first-order valence-corrected chi connectivity index (χ1v) is 9.59. The van der Waals surface area contributed by atoms with Crippen molar-refractivity contribution in [2.24, 2.45) is 11.8 Å². The molecule has 0 aromatic heterocycles. The smallest absolute Gasteiger partial charge is 0.327 e. The second kappa shape index (κ2) is 7.98. The molecule has 3 amide bonds. The fourth-order valence-electron chi connectivity index (χ4n) is 4.25. The van der Waals surface area contributed by atoms with Crippen LogP contribution < -0.4 is 11.1 Å². The second-order valence-corrected chi connectivity index (χ2v) is 7.68. The number of aliphatic carboxylic acids is 1. The van der Waals surface area contributed by atoms with Gasteiger partial charge in [-0.25, -0.2) is 14.5 Å². The first-order chi connectivity index (χ1) is 12.9. The van der Waals surface area contributed by atoms with Gasteiger partial charge >= 0.3 is 12.0 Å². The van der Waals surface area contributed by atoms with Gasteiger partial charge in [0.2, 0.25) is 5.91 Å². The lowest BCUT2D eigenvalue weighted by Gasteiger charge is -2.43. The predicted molar refractivity (Wildman–Crippen MR) is 101 cm³/mol. The molecule has 27 heavy (non-hydrogen) atoms. The molecular weight excluding hydrogens is 346 g/mol. The average molecular weight is 373 g/mol. The number of nitrogens with two attached hydrogens (primary N) is 1. The molecule has 1 aliphatic heterocycles. The van der Waals surface area contributed by atoms with E-state index in [4.69, 9.17) is 5.73 Å². The van der Waals surface area contributed by atoms with Crippen LogP contribution in [-0.4, -0.2) is 40.0 Å². The lowest BCUT2D eigenvalue weighted by atomic mass is 9.82. The number of imide groups is 1. The number of likely N-dealkylation sites (tertiary alicyclic amines) is 1. The molecule has 146 valence electrons. The fraction of sp³-hybridized carbons (Fsp3) is 0.550. The normalized spacial score (nSPS) is 24.2. The number of benzene rings is 1. The number of carbonyl (C=O) groups is 3. The van der Waals surface area contributed by atoms with E-state index >= 15 is 0 Å². The zero-order valence-corrected chi connectivity index (χ0v) is 15.6. The Kier molecular flexibility index (Phi) is 5.68. The average Bonchev–Trinajstić information content (AvgIpc) is 2.64. The van der Waals surface area contributed by atoms with Crippen molar-refractivity contribution in [1.29, 1.82) is 0 Å². The Bertz CT molecular complexity index is 730. The maximum absolute atomic E-state index is 12.6. The van der Waals surface area contributed by atoms with Gasteiger partial charge < -0.3 is 16.2 Å². The van der Waals surface area contributed by atoms with Gasteiger partial charge in [0, 0.05) is 11.7 Å². The lowest BCUT2D eigenvalue weighted by molar-refractivity contribution is -0.165. The standard InChI is InChI=1S/C20H27N3O4/c1-12(14-7-3-2-4-8-14)22-20(27)23-17(19(25)26)16(18(23)24)11-13-6-5-9-15(21)10-13/h5-6,9-10,12,14,16-17H,2-4,7-8,11,21H2,1H3,(H,22,27)(H,25,26)/t12-,16-,17+/m1/s1. The molecule has 0 unspecified atom stereocenters. The van der Waals surface area contributed by atoms with Gasteiger partial charge in [0.05, 0.1) is 5.92 Å². The highest BCUT2D eigenvalue weighted by Crippen LogP contribution is 2.32. The van der Waals surface area contributed by atoms with E-state index in [9.17, 15) is 19.5 Å². The molecule has 1 aromatic rings. The van der Waals surface area contributed by atoms with Crippen LogP contribution in [0.2, 0.25) is 0 Å². The van der Waals surface area contributed by atoms with Crippen molar-refractivity contribution in [1.82, 2.24) is 10.2 Å². The van der Waals surface area contributed by atoms with Gasteiger partial charge in [-0.1, -0.05) is 31.4 Å². The zero-order chi connectivity index (χ0) is 19.6. The van der Waals surface area contributed by atoms with Crippen molar-refractivity contribution in [3.63, 3.8) is 0 Å². The number of nitrogen functional groups attached to an aromatic ring is 1. The van der Waals surface area contributed by atoms with E-state index in [1.165, 1.54) is 6.42 Å². The maximum atomic E-state index is 12.6. The third kappa shape index (κ3) is 4.07. The van der Waals surface area contributed by atoms with Crippen molar-refractivity contribution in [3.8, 4) is 0 Å². The Hall–Kier alpha value is -2.57. The number of carbonyl (C=O) groups excluding carboxylic acids is 2. The topological polar surface area (TPSA) is 113 Å². The summed E-state index contributed by atoms with van der Waals surface area (Å²) in [6, 6.07) is 5.20. The molecule has 4 N–H and O–H groups in total. The number of carboxylic acids is 1. The van der Waals surface area contributed by atoms with Gasteiger partial charge in [0.25, 0.3) is 0 Å². The number of hydrogen-bond donors (Lipinski definition) is 3. The minimum Gasteiger partial charge on any atom is -0.480 e. The monoisotopic (exact) mass is 373 g/mol. The van der Waals surface area contributed by atoms with E-state index in [1.807, 2.05) is 6.92 Å². The number of amides is 3. The number of carboxylic acid groups (broad SMARTS) is 1. The molecule has 0 radical (unpaired) electrons. The van der Waals surface area contributed by atoms with Crippen LogP contribution in [0.25, 0.3) is 0 Å². The van der Waals surface area contributed by atoms with Crippen molar-refractivity contribution in [3.05, 3.63) is 29.8 Å². The number of nitrogens with one attached hydrogen (secondary N) is 1. The molecular formula is C20H27N3O4. The number of rotatable bonds is 5. The number of anilines is 1. The van der Waals surface area contributed by atoms with E-state index in [2.05, 4.69) is 5.32 Å². The molecule has 0 spiro atoms. The first-order valence-electron chi connectivity index (χ1n) is 9.59. The number of β-lactam (4-membered cyclic amide) rings is 1. The Morgan fingerprint density at radius 2 is 2.00 bits per heavy atom. The lowest BCUT2D eigenvalue weighted by Crippen LogP contribution is -2.69. The summed E-state index contributed by atoms with van der Waals surface area (Å²) in [6.45, 7) is 1.93. The highest BCUT2D eigenvalue weighted by atomic mass is 16.4. The van der Waals surface area contributed by atoms with Crippen LogP contribution >= 0.6 is 0 Å². The molecule has 1 aromatic carbocycles. The molecule has 2 aliphatic rings. The highest BCUT2D eigenvalue weighted by molar-refractivity contribution is 6.07. The summed E-state index contributed by atoms with van der Waals surface area (Å²) in [5, 5.41) is 12.4. The number of hydrogen-bond acceptors (Lipinski definition) is 4. The summed E-state index contributed by atoms with van der Waals surface area (Å²) in [5.41, 5.74) is 7.09. The molecule has 3 atom stereocenters. The molecule has 1 saturated heterocycles. The third-order valence-electron chi connectivity index (χ3n) is 5.80. The summed E-state index contributed by atoms with van der Waals surface area (Å²) >= 11 is 0. The summed E-state index contributed by atoms with van der Waals surface area (Å²) in [5.74, 6) is -1.98. The summed E-state index contributed by atoms with van der Waals surface area (Å²) in [6.07, 6.45) is 5.87. The Balaban J connectivity index is 1.65. The fourth-order valence-corrected chi connectivity index (χ4v) is 4.25. The molecule has 1 saturated carbocycles. The Morgan fingerprint density at radius 1 is 1.30 bits per heavy atom. The van der Waals surface area contributed by atoms with Gasteiger partial charge in [-0.15, -0.1) is 0 Å². The highest BCUT2D eigenvalue weighted by Gasteiger charge is 2.54. The molecule has 0 bridgehead atoms. The van der Waals surface area contributed by atoms with Gasteiger partial charge in [0.1, 0.15) is 0 Å². The van der Waals surface area contributed by atoms with Gasteiger partial charge in [0.15, 0.2) is 6.04 Å². The van der Waals surface area contributed by atoms with Crippen LogP contribution in [-0.2, 0) is 16.0 Å². The third-order valence-corrected chi connectivity index (χ3v) is 5.80. The van der Waals surface area contributed by atoms with Crippen LogP contribution in [0.4, 0.5) is 10.5 Å². The van der Waals surface area contributed by atoms with Crippen molar-refractivity contribution in [2.75, 3.05) is 5.73 Å². The molecule has 1 aliphatic carbocycles. The minimum atomic E-state index is -1.16. The number of nitrogens with zero attached hydrogens (tertiary/aromatic N) is 1. The molecule has 3 rings (SSSR count). The molecule has 1 heterocycles. The van der Waals surface area contributed by atoms with Crippen LogP contribution in [0.3, 0.4) is 0 Å². The Labute approximate surface area is 158 Å². The van der Waals surface area contributed by atoms with Gasteiger partial charge in [-0.3, -0.25) is 4.79 Å². The summed E-state index contributed by atoms with van der Waals surface area (Å²) in [4.78, 5) is 37.7.